The van der Waals surface area contributed by atoms with Crippen molar-refractivity contribution in [3.05, 3.63) is 96.2 Å². The molecule has 0 aliphatic rings. The number of carbonyl (C=O) groups is 2. The Morgan fingerprint density at radius 2 is 1.54 bits per heavy atom. The standard InChI is InChI=1S/C27H23NO7/c1-32-27(31)25(26(29)30)35-23-10-4-6-18(14-23)16-33-21-8-5-9-22(15-21)34-17-20-13-12-19-7-2-3-11-24(19)28-20/h2-15,25H,16-17H2,1H3,(H,29,30). The molecule has 35 heavy (non-hydrogen) atoms. The third kappa shape index (κ3) is 6.26. The van der Waals surface area contributed by atoms with E-state index in [4.69, 9.17) is 14.2 Å². The van der Waals surface area contributed by atoms with E-state index >= 15 is 0 Å². The Morgan fingerprint density at radius 3 is 2.31 bits per heavy atom. The third-order valence-electron chi connectivity index (χ3n) is 5.05. The van der Waals surface area contributed by atoms with E-state index in [9.17, 15) is 14.7 Å². The van der Waals surface area contributed by atoms with Gasteiger partial charge in [0, 0.05) is 11.5 Å². The number of aromatic nitrogens is 1. The summed E-state index contributed by atoms with van der Waals surface area (Å²) in [5, 5.41) is 10.3. The number of benzene rings is 3. The Balaban J connectivity index is 1.36. The molecule has 0 saturated carbocycles. The third-order valence-corrected chi connectivity index (χ3v) is 5.05. The molecule has 1 aromatic heterocycles. The van der Waals surface area contributed by atoms with Crippen LogP contribution in [-0.4, -0.2) is 35.2 Å². The van der Waals surface area contributed by atoms with Crippen LogP contribution in [-0.2, 0) is 27.5 Å². The molecule has 0 amide bonds. The van der Waals surface area contributed by atoms with Gasteiger partial charge in [-0.25, -0.2) is 14.6 Å². The fourth-order valence-corrected chi connectivity index (χ4v) is 3.32. The van der Waals surface area contributed by atoms with Crippen LogP contribution in [0.25, 0.3) is 10.9 Å². The highest BCUT2D eigenvalue weighted by molar-refractivity contribution is 5.97. The molecule has 8 nitrogen and oxygen atoms in total. The molecule has 0 radical (unpaired) electrons. The van der Waals surface area contributed by atoms with Crippen LogP contribution in [0.15, 0.2) is 84.9 Å². The highest BCUT2D eigenvalue weighted by Gasteiger charge is 2.29. The van der Waals surface area contributed by atoms with E-state index in [2.05, 4.69) is 9.72 Å². The number of para-hydroxylation sites is 1. The lowest BCUT2D eigenvalue weighted by Gasteiger charge is -2.14. The number of carbonyl (C=O) groups excluding carboxylic acids is 1. The summed E-state index contributed by atoms with van der Waals surface area (Å²) >= 11 is 0. The number of pyridine rings is 1. The number of rotatable bonds is 10. The number of methoxy groups -OCH3 is 1. The van der Waals surface area contributed by atoms with Gasteiger partial charge in [-0.2, -0.15) is 0 Å². The monoisotopic (exact) mass is 473 g/mol. The molecule has 1 unspecified atom stereocenters. The van der Waals surface area contributed by atoms with E-state index in [1.807, 2.05) is 48.5 Å². The minimum atomic E-state index is -1.75. The first-order valence-electron chi connectivity index (χ1n) is 10.8. The van der Waals surface area contributed by atoms with Crippen molar-refractivity contribution in [3.63, 3.8) is 0 Å². The SMILES string of the molecule is COC(=O)C(Oc1cccc(COc2cccc(OCc3ccc4ccccc4n3)c2)c1)C(=O)O. The summed E-state index contributed by atoms with van der Waals surface area (Å²) in [6, 6.07) is 25.7. The molecule has 3 aromatic carbocycles. The van der Waals surface area contributed by atoms with Crippen molar-refractivity contribution in [2.75, 3.05) is 7.11 Å². The smallest absolute Gasteiger partial charge is 0.359 e. The molecule has 4 aromatic rings. The number of ether oxygens (including phenoxy) is 4. The fourth-order valence-electron chi connectivity index (χ4n) is 3.32. The number of hydrogen-bond acceptors (Lipinski definition) is 7. The average molecular weight is 473 g/mol. The largest absolute Gasteiger partial charge is 0.489 e. The van der Waals surface area contributed by atoms with E-state index in [1.54, 1.807) is 36.4 Å². The Hall–Kier alpha value is -4.59. The zero-order valence-corrected chi connectivity index (χ0v) is 18.9. The van der Waals surface area contributed by atoms with Gasteiger partial charge in [-0.05, 0) is 42.0 Å². The van der Waals surface area contributed by atoms with Gasteiger partial charge >= 0.3 is 11.9 Å². The number of aliphatic carboxylic acids is 1. The minimum absolute atomic E-state index is 0.197. The Labute approximate surface area is 201 Å². The first kappa shape index (κ1) is 23.6. The summed E-state index contributed by atoms with van der Waals surface area (Å²) in [6.07, 6.45) is -1.75. The lowest BCUT2D eigenvalue weighted by Crippen LogP contribution is -2.36. The summed E-state index contributed by atoms with van der Waals surface area (Å²) < 4.78 is 21.5. The van der Waals surface area contributed by atoms with Crippen molar-refractivity contribution in [2.24, 2.45) is 0 Å². The second-order valence-electron chi connectivity index (χ2n) is 7.55. The van der Waals surface area contributed by atoms with Crippen molar-refractivity contribution in [1.82, 2.24) is 4.98 Å². The first-order chi connectivity index (χ1) is 17.0. The van der Waals surface area contributed by atoms with Crippen LogP contribution in [0.1, 0.15) is 11.3 Å². The van der Waals surface area contributed by atoms with Gasteiger partial charge in [-0.1, -0.05) is 42.5 Å². The first-order valence-corrected chi connectivity index (χ1v) is 10.8. The highest BCUT2D eigenvalue weighted by atomic mass is 16.6. The molecule has 0 fully saturated rings. The molecule has 1 N–H and O–H groups in total. The number of hydrogen-bond donors (Lipinski definition) is 1. The van der Waals surface area contributed by atoms with Crippen molar-refractivity contribution in [2.45, 2.75) is 19.3 Å². The molecule has 0 spiro atoms. The van der Waals surface area contributed by atoms with Crippen LogP contribution < -0.4 is 14.2 Å². The molecule has 8 heteroatoms. The number of nitrogens with zero attached hydrogens (tertiary/aromatic N) is 1. The summed E-state index contributed by atoms with van der Waals surface area (Å²) in [6.45, 7) is 0.515. The molecule has 1 atom stereocenters. The van der Waals surface area contributed by atoms with Crippen LogP contribution >= 0.6 is 0 Å². The summed E-state index contributed by atoms with van der Waals surface area (Å²) in [5.74, 6) is -0.983. The number of carboxylic acids is 1. The second kappa shape index (κ2) is 11.0. The molecule has 1 heterocycles. The molecular formula is C27H23NO7. The maximum absolute atomic E-state index is 11.6. The van der Waals surface area contributed by atoms with Crippen molar-refractivity contribution in [1.29, 1.82) is 0 Å². The summed E-state index contributed by atoms with van der Waals surface area (Å²) in [4.78, 5) is 27.5. The normalized spacial score (nSPS) is 11.5. The van der Waals surface area contributed by atoms with Crippen molar-refractivity contribution >= 4 is 22.8 Å². The van der Waals surface area contributed by atoms with Crippen molar-refractivity contribution < 1.29 is 33.6 Å². The van der Waals surface area contributed by atoms with Gasteiger partial charge in [0.25, 0.3) is 6.10 Å². The molecule has 178 valence electrons. The van der Waals surface area contributed by atoms with Crippen LogP contribution in [0.5, 0.6) is 17.2 Å². The van der Waals surface area contributed by atoms with E-state index in [0.717, 1.165) is 29.3 Å². The zero-order valence-electron chi connectivity index (χ0n) is 18.9. The maximum atomic E-state index is 11.6. The van der Waals surface area contributed by atoms with E-state index < -0.39 is 18.0 Å². The minimum Gasteiger partial charge on any atom is -0.489 e. The van der Waals surface area contributed by atoms with Gasteiger partial charge in [0.15, 0.2) is 0 Å². The van der Waals surface area contributed by atoms with Gasteiger partial charge < -0.3 is 24.1 Å². The number of carboxylic acid groups (broad SMARTS) is 1. The van der Waals surface area contributed by atoms with E-state index in [0.29, 0.717) is 18.1 Å². The average Bonchev–Trinajstić information content (AvgIpc) is 2.89. The van der Waals surface area contributed by atoms with Gasteiger partial charge in [-0.3, -0.25) is 0 Å². The lowest BCUT2D eigenvalue weighted by atomic mass is 10.2. The van der Waals surface area contributed by atoms with E-state index in [-0.39, 0.29) is 12.4 Å². The molecule has 4 rings (SSSR count). The lowest BCUT2D eigenvalue weighted by molar-refractivity contribution is -0.161. The predicted octanol–water partition coefficient (Wildman–Crippen LogP) is 4.40. The molecule has 0 bridgehead atoms. The Bertz CT molecular complexity index is 1340. The van der Waals surface area contributed by atoms with Gasteiger partial charge in [0.2, 0.25) is 0 Å². The Morgan fingerprint density at radius 1 is 0.829 bits per heavy atom. The van der Waals surface area contributed by atoms with Crippen molar-refractivity contribution in [3.8, 4) is 17.2 Å². The molecule has 0 saturated heterocycles. The fraction of sp³-hybridized carbons (Fsp3) is 0.148. The van der Waals surface area contributed by atoms with Gasteiger partial charge in [0.05, 0.1) is 18.3 Å². The molecular weight excluding hydrogens is 450 g/mol. The van der Waals surface area contributed by atoms with Crippen LogP contribution in [0.2, 0.25) is 0 Å². The second-order valence-corrected chi connectivity index (χ2v) is 7.55. The molecule has 0 aliphatic heterocycles. The van der Waals surface area contributed by atoms with E-state index in [1.165, 1.54) is 0 Å². The summed E-state index contributed by atoms with van der Waals surface area (Å²) in [7, 11) is 1.10. The van der Waals surface area contributed by atoms with Gasteiger partial charge in [0.1, 0.15) is 30.5 Å². The maximum Gasteiger partial charge on any atom is 0.359 e. The topological polar surface area (TPSA) is 104 Å². The zero-order chi connectivity index (χ0) is 24.6. The number of fused-ring (bicyclic) bond motifs is 1. The molecule has 0 aliphatic carbocycles. The predicted molar refractivity (Wildman–Crippen MR) is 127 cm³/mol. The van der Waals surface area contributed by atoms with Crippen LogP contribution in [0.4, 0.5) is 0 Å². The summed E-state index contributed by atoms with van der Waals surface area (Å²) in [5.41, 5.74) is 2.46. The number of esters is 1. The Kier molecular flexibility index (Phi) is 7.42. The van der Waals surface area contributed by atoms with Gasteiger partial charge in [-0.15, -0.1) is 0 Å². The highest BCUT2D eigenvalue weighted by Crippen LogP contribution is 2.23. The van der Waals surface area contributed by atoms with Crippen LogP contribution in [0.3, 0.4) is 0 Å². The van der Waals surface area contributed by atoms with Crippen LogP contribution in [0, 0.1) is 0 Å². The quantitative estimate of drug-likeness (QED) is 0.267.